The van der Waals surface area contributed by atoms with E-state index in [2.05, 4.69) is 35.8 Å². The van der Waals surface area contributed by atoms with Gasteiger partial charge in [-0.25, -0.2) is 4.98 Å². The normalized spacial score (nSPS) is 11.0. The van der Waals surface area contributed by atoms with Crippen molar-refractivity contribution in [1.29, 1.82) is 0 Å². The van der Waals surface area contributed by atoms with Crippen molar-refractivity contribution in [2.24, 2.45) is 0 Å². The highest BCUT2D eigenvalue weighted by molar-refractivity contribution is 5.87. The minimum absolute atomic E-state index is 0.200. The summed E-state index contributed by atoms with van der Waals surface area (Å²) in [5.41, 5.74) is 4.77. The first kappa shape index (κ1) is 13.6. The molecule has 23 heavy (non-hydrogen) atoms. The Kier molecular flexibility index (Phi) is 3.12. The number of para-hydroxylation sites is 1. The molecule has 1 N–H and O–H groups in total. The van der Waals surface area contributed by atoms with Gasteiger partial charge in [0.15, 0.2) is 0 Å². The lowest BCUT2D eigenvalue weighted by Gasteiger charge is -2.10. The summed E-state index contributed by atoms with van der Waals surface area (Å²) >= 11 is 0. The quantitative estimate of drug-likeness (QED) is 0.582. The number of aromatic nitrogens is 2. The monoisotopic (exact) mass is 300 g/mol. The van der Waals surface area contributed by atoms with Crippen molar-refractivity contribution >= 4 is 11.0 Å². The first-order valence-electron chi connectivity index (χ1n) is 7.57. The smallest absolute Gasteiger partial charge is 0.145 e. The largest absolute Gasteiger partial charge is 0.506 e. The van der Waals surface area contributed by atoms with Crippen LogP contribution in [0, 0.1) is 6.92 Å². The molecule has 0 aliphatic heterocycles. The van der Waals surface area contributed by atoms with E-state index < -0.39 is 0 Å². The summed E-state index contributed by atoms with van der Waals surface area (Å²) < 4.78 is 2.09. The van der Waals surface area contributed by atoms with Crippen LogP contribution in [0.2, 0.25) is 0 Å². The van der Waals surface area contributed by atoms with Crippen molar-refractivity contribution < 1.29 is 5.11 Å². The van der Waals surface area contributed by atoms with E-state index in [-0.39, 0.29) is 5.75 Å². The molecule has 3 aromatic carbocycles. The Labute approximate surface area is 134 Å². The molecule has 3 heteroatoms. The fourth-order valence-corrected chi connectivity index (χ4v) is 2.82. The van der Waals surface area contributed by atoms with E-state index in [4.69, 9.17) is 4.98 Å². The van der Waals surface area contributed by atoms with Crippen LogP contribution in [0.5, 0.6) is 5.75 Å². The Morgan fingerprint density at radius 2 is 1.57 bits per heavy atom. The second kappa shape index (κ2) is 5.29. The Morgan fingerprint density at radius 3 is 2.30 bits per heavy atom. The van der Waals surface area contributed by atoms with E-state index in [1.54, 1.807) is 6.07 Å². The van der Waals surface area contributed by atoms with E-state index in [0.717, 1.165) is 22.6 Å². The van der Waals surface area contributed by atoms with Gasteiger partial charge in [-0.3, -0.25) is 4.57 Å². The fourth-order valence-electron chi connectivity index (χ4n) is 2.82. The molecule has 0 unspecified atom stereocenters. The van der Waals surface area contributed by atoms with Crippen molar-refractivity contribution in [2.45, 2.75) is 6.92 Å². The van der Waals surface area contributed by atoms with Crippen LogP contribution >= 0.6 is 0 Å². The third-order valence-electron chi connectivity index (χ3n) is 3.99. The van der Waals surface area contributed by atoms with E-state index in [9.17, 15) is 5.11 Å². The molecule has 0 aliphatic carbocycles. The van der Waals surface area contributed by atoms with Gasteiger partial charge in [-0.2, -0.15) is 0 Å². The Morgan fingerprint density at radius 1 is 0.826 bits per heavy atom. The summed E-state index contributed by atoms with van der Waals surface area (Å²) in [6.07, 6.45) is 0. The molecule has 0 bridgehead atoms. The van der Waals surface area contributed by atoms with Crippen LogP contribution in [0.15, 0.2) is 72.8 Å². The molecule has 0 saturated heterocycles. The van der Waals surface area contributed by atoms with Gasteiger partial charge < -0.3 is 5.11 Å². The Balaban J connectivity index is 2.07. The lowest BCUT2D eigenvalue weighted by molar-refractivity contribution is 0.480. The Hall–Kier alpha value is -3.07. The number of phenolic OH excluding ortho intramolecular Hbond substituents is 1. The maximum atomic E-state index is 10.2. The number of hydrogen-bond acceptors (Lipinski definition) is 2. The Bertz CT molecular complexity index is 970. The van der Waals surface area contributed by atoms with Crippen molar-refractivity contribution in [3.8, 4) is 22.8 Å². The van der Waals surface area contributed by atoms with Crippen LogP contribution in [-0.2, 0) is 0 Å². The SMILES string of the molecule is Cc1ccc(-n2c(-c3ccccc3)nc3c(O)cccc32)cc1. The zero-order chi connectivity index (χ0) is 15.8. The van der Waals surface area contributed by atoms with Crippen LogP contribution in [0.1, 0.15) is 5.56 Å². The lowest BCUT2D eigenvalue weighted by atomic mass is 10.2. The van der Waals surface area contributed by atoms with Gasteiger partial charge in [-0.05, 0) is 31.2 Å². The van der Waals surface area contributed by atoms with Gasteiger partial charge in [0.25, 0.3) is 0 Å². The van der Waals surface area contributed by atoms with Gasteiger partial charge in [-0.15, -0.1) is 0 Å². The van der Waals surface area contributed by atoms with Crippen molar-refractivity contribution in [1.82, 2.24) is 9.55 Å². The highest BCUT2D eigenvalue weighted by atomic mass is 16.3. The minimum atomic E-state index is 0.200. The summed E-state index contributed by atoms with van der Waals surface area (Å²) in [5, 5.41) is 10.2. The molecule has 1 heterocycles. The number of rotatable bonds is 2. The van der Waals surface area contributed by atoms with E-state index in [1.165, 1.54) is 5.56 Å². The number of hydrogen-bond donors (Lipinski definition) is 1. The van der Waals surface area contributed by atoms with E-state index >= 15 is 0 Å². The highest BCUT2D eigenvalue weighted by Crippen LogP contribution is 2.32. The molecular formula is C20H16N2O. The molecule has 4 rings (SSSR count). The van der Waals surface area contributed by atoms with Crippen LogP contribution < -0.4 is 0 Å². The summed E-state index contributed by atoms with van der Waals surface area (Å²) in [4.78, 5) is 4.69. The molecular weight excluding hydrogens is 284 g/mol. The standard InChI is InChI=1S/C20H16N2O/c1-14-10-12-16(13-11-14)22-17-8-5-9-18(23)19(17)21-20(22)15-6-3-2-4-7-15/h2-13,23H,1H3. The number of nitrogens with zero attached hydrogens (tertiary/aromatic N) is 2. The average molecular weight is 300 g/mol. The molecule has 0 radical (unpaired) electrons. The zero-order valence-electron chi connectivity index (χ0n) is 12.8. The second-order valence-corrected chi connectivity index (χ2v) is 5.62. The van der Waals surface area contributed by atoms with Crippen LogP contribution in [-0.4, -0.2) is 14.7 Å². The molecule has 4 aromatic rings. The molecule has 1 aromatic heterocycles. The highest BCUT2D eigenvalue weighted by Gasteiger charge is 2.16. The summed E-state index contributed by atoms with van der Waals surface area (Å²) in [6.45, 7) is 2.07. The van der Waals surface area contributed by atoms with Crippen LogP contribution in [0.25, 0.3) is 28.1 Å². The number of aryl methyl sites for hydroxylation is 1. The number of phenols is 1. The summed E-state index contributed by atoms with van der Waals surface area (Å²) in [7, 11) is 0. The van der Waals surface area contributed by atoms with Gasteiger partial charge in [0.2, 0.25) is 0 Å². The summed E-state index contributed by atoms with van der Waals surface area (Å²) in [6, 6.07) is 23.8. The number of fused-ring (bicyclic) bond motifs is 1. The molecule has 3 nitrogen and oxygen atoms in total. The van der Waals surface area contributed by atoms with Gasteiger partial charge in [0.05, 0.1) is 5.52 Å². The van der Waals surface area contributed by atoms with E-state index in [0.29, 0.717) is 5.52 Å². The zero-order valence-corrected chi connectivity index (χ0v) is 12.8. The van der Waals surface area contributed by atoms with Crippen molar-refractivity contribution in [3.63, 3.8) is 0 Å². The van der Waals surface area contributed by atoms with Gasteiger partial charge in [0.1, 0.15) is 17.1 Å². The molecule has 0 atom stereocenters. The molecule has 112 valence electrons. The van der Waals surface area contributed by atoms with E-state index in [1.807, 2.05) is 42.5 Å². The van der Waals surface area contributed by atoms with Crippen LogP contribution in [0.4, 0.5) is 0 Å². The first-order chi connectivity index (χ1) is 11.2. The summed E-state index contributed by atoms with van der Waals surface area (Å²) in [5.74, 6) is 1.02. The van der Waals surface area contributed by atoms with Gasteiger partial charge in [-0.1, -0.05) is 54.1 Å². The molecule has 0 fully saturated rings. The van der Waals surface area contributed by atoms with Gasteiger partial charge in [0, 0.05) is 11.3 Å². The molecule has 0 spiro atoms. The number of benzene rings is 3. The third-order valence-corrected chi connectivity index (χ3v) is 3.99. The fraction of sp³-hybridized carbons (Fsp3) is 0.0500. The molecule has 0 aliphatic rings. The predicted octanol–water partition coefficient (Wildman–Crippen LogP) is 4.71. The predicted molar refractivity (Wildman–Crippen MR) is 92.9 cm³/mol. The average Bonchev–Trinajstić information content (AvgIpc) is 2.97. The molecule has 0 saturated carbocycles. The first-order valence-corrected chi connectivity index (χ1v) is 7.57. The maximum Gasteiger partial charge on any atom is 0.145 e. The van der Waals surface area contributed by atoms with Crippen molar-refractivity contribution in [3.05, 3.63) is 78.4 Å². The maximum absolute atomic E-state index is 10.2. The van der Waals surface area contributed by atoms with Crippen molar-refractivity contribution in [2.75, 3.05) is 0 Å². The van der Waals surface area contributed by atoms with Crippen LogP contribution in [0.3, 0.4) is 0 Å². The lowest BCUT2D eigenvalue weighted by Crippen LogP contribution is -1.97. The molecule has 0 amide bonds. The minimum Gasteiger partial charge on any atom is -0.506 e. The number of imidazole rings is 1. The van der Waals surface area contributed by atoms with Gasteiger partial charge >= 0.3 is 0 Å². The third kappa shape index (κ3) is 2.27. The second-order valence-electron chi connectivity index (χ2n) is 5.62. The topological polar surface area (TPSA) is 38.0 Å². The number of aromatic hydroxyl groups is 1.